The summed E-state index contributed by atoms with van der Waals surface area (Å²) in [5.74, 6) is -0.955. The van der Waals surface area contributed by atoms with Crippen molar-refractivity contribution in [2.45, 2.75) is 12.5 Å². The topological polar surface area (TPSA) is 71.2 Å². The first-order chi connectivity index (χ1) is 14.4. The molecule has 30 heavy (non-hydrogen) atoms. The molecule has 1 heterocycles. The summed E-state index contributed by atoms with van der Waals surface area (Å²) in [7, 11) is 1.30. The first-order valence-corrected chi connectivity index (χ1v) is 10.0. The average molecular weight is 441 g/mol. The molecule has 4 aromatic rings. The molecule has 0 spiro atoms. The van der Waals surface area contributed by atoms with Crippen molar-refractivity contribution in [3.05, 3.63) is 82.0 Å². The number of carbonyl (C=O) groups is 2. The second kappa shape index (κ2) is 8.38. The number of nitrogens with one attached hydrogen (secondary N) is 2. The zero-order valence-electron chi connectivity index (χ0n) is 16.0. The maximum atomic E-state index is 12.8. The van der Waals surface area contributed by atoms with Gasteiger partial charge in [-0.05, 0) is 34.5 Å². The van der Waals surface area contributed by atoms with Crippen molar-refractivity contribution in [2.75, 3.05) is 7.11 Å². The highest BCUT2D eigenvalue weighted by molar-refractivity contribution is 6.38. The van der Waals surface area contributed by atoms with Crippen molar-refractivity contribution in [3.63, 3.8) is 0 Å². The number of benzene rings is 3. The predicted molar refractivity (Wildman–Crippen MR) is 119 cm³/mol. The number of rotatable bonds is 5. The van der Waals surface area contributed by atoms with Crippen molar-refractivity contribution in [2.24, 2.45) is 0 Å². The number of hydrogen-bond acceptors (Lipinski definition) is 3. The van der Waals surface area contributed by atoms with Crippen LogP contribution < -0.4 is 5.32 Å². The second-order valence-corrected chi connectivity index (χ2v) is 7.81. The van der Waals surface area contributed by atoms with Gasteiger partial charge in [0, 0.05) is 22.3 Å². The van der Waals surface area contributed by atoms with Gasteiger partial charge in [0.05, 0.1) is 12.1 Å². The molecular formula is C23H18Cl2N2O3. The standard InChI is InChI=1S/C23H18Cl2N2O3/c1-30-23(29)21(9-13-6-7-14-4-2-3-5-15(14)8-13)27-22(28)20-12-17-18(25)10-16(24)11-19(17)26-20/h2-8,10-12,21,26H,9H2,1H3,(H,27,28)/t21-/m0/s1. The molecular weight excluding hydrogens is 423 g/mol. The lowest BCUT2D eigenvalue weighted by molar-refractivity contribution is -0.142. The quantitative estimate of drug-likeness (QED) is 0.422. The van der Waals surface area contributed by atoms with Gasteiger partial charge in [0.1, 0.15) is 11.7 Å². The van der Waals surface area contributed by atoms with Gasteiger partial charge in [-0.15, -0.1) is 0 Å². The Labute approximate surface area is 182 Å². The Bertz CT molecular complexity index is 1270. The van der Waals surface area contributed by atoms with Crippen LogP contribution in [0.3, 0.4) is 0 Å². The number of aromatic amines is 1. The van der Waals surface area contributed by atoms with E-state index in [1.54, 1.807) is 18.2 Å². The lowest BCUT2D eigenvalue weighted by atomic mass is 10.0. The van der Waals surface area contributed by atoms with Crippen LogP contribution in [-0.4, -0.2) is 30.0 Å². The third-order valence-electron chi connectivity index (χ3n) is 4.94. The van der Waals surface area contributed by atoms with E-state index in [9.17, 15) is 9.59 Å². The van der Waals surface area contributed by atoms with Crippen LogP contribution in [0.1, 0.15) is 16.1 Å². The molecule has 0 aliphatic carbocycles. The number of esters is 1. The summed E-state index contributed by atoms with van der Waals surface area (Å²) < 4.78 is 4.90. The number of hydrogen-bond donors (Lipinski definition) is 2. The Morgan fingerprint density at radius 2 is 1.80 bits per heavy atom. The number of H-pyrrole nitrogens is 1. The lowest BCUT2D eigenvalue weighted by Crippen LogP contribution is -2.43. The van der Waals surface area contributed by atoms with E-state index in [2.05, 4.69) is 10.3 Å². The Kier molecular flexibility index (Phi) is 5.66. The molecule has 0 aliphatic rings. The molecule has 0 saturated carbocycles. The van der Waals surface area contributed by atoms with Crippen molar-refractivity contribution in [1.82, 2.24) is 10.3 Å². The minimum atomic E-state index is -0.839. The minimum Gasteiger partial charge on any atom is -0.467 e. The summed E-state index contributed by atoms with van der Waals surface area (Å²) in [6.45, 7) is 0. The van der Waals surface area contributed by atoms with Crippen LogP contribution in [0.25, 0.3) is 21.7 Å². The lowest BCUT2D eigenvalue weighted by Gasteiger charge is -2.16. The molecule has 1 amide bonds. The van der Waals surface area contributed by atoms with Crippen molar-refractivity contribution in [3.8, 4) is 0 Å². The number of halogens is 2. The Balaban J connectivity index is 1.58. The van der Waals surface area contributed by atoms with Gasteiger partial charge in [-0.25, -0.2) is 4.79 Å². The van der Waals surface area contributed by atoms with Gasteiger partial charge in [-0.2, -0.15) is 0 Å². The number of amides is 1. The number of aromatic nitrogens is 1. The molecule has 1 aromatic heterocycles. The van der Waals surface area contributed by atoms with Gasteiger partial charge in [-0.3, -0.25) is 4.79 Å². The molecule has 0 fully saturated rings. The van der Waals surface area contributed by atoms with E-state index in [1.807, 2.05) is 42.5 Å². The maximum Gasteiger partial charge on any atom is 0.328 e. The average Bonchev–Trinajstić information content (AvgIpc) is 3.17. The summed E-state index contributed by atoms with van der Waals surface area (Å²) in [5.41, 5.74) is 1.83. The molecule has 4 rings (SSSR count). The van der Waals surface area contributed by atoms with Gasteiger partial charge in [-0.1, -0.05) is 65.7 Å². The second-order valence-electron chi connectivity index (χ2n) is 6.97. The largest absolute Gasteiger partial charge is 0.467 e. The van der Waals surface area contributed by atoms with Crippen LogP contribution in [0.4, 0.5) is 0 Å². The van der Waals surface area contributed by atoms with Crippen LogP contribution in [0.5, 0.6) is 0 Å². The molecule has 5 nitrogen and oxygen atoms in total. The third kappa shape index (κ3) is 4.13. The van der Waals surface area contributed by atoms with E-state index in [0.717, 1.165) is 16.3 Å². The normalized spacial score (nSPS) is 12.1. The summed E-state index contributed by atoms with van der Waals surface area (Å²) in [4.78, 5) is 28.1. The minimum absolute atomic E-state index is 0.279. The molecule has 0 bridgehead atoms. The smallest absolute Gasteiger partial charge is 0.328 e. The van der Waals surface area contributed by atoms with Crippen molar-refractivity contribution < 1.29 is 14.3 Å². The predicted octanol–water partition coefficient (Wildman–Crippen LogP) is 5.14. The Hall–Kier alpha value is -3.02. The summed E-state index contributed by atoms with van der Waals surface area (Å²) in [6, 6.07) is 18.0. The van der Waals surface area contributed by atoms with E-state index in [4.69, 9.17) is 27.9 Å². The molecule has 0 aliphatic heterocycles. The molecule has 152 valence electrons. The van der Waals surface area contributed by atoms with Gasteiger partial charge in [0.15, 0.2) is 0 Å². The first kappa shape index (κ1) is 20.3. The number of fused-ring (bicyclic) bond motifs is 2. The molecule has 0 unspecified atom stereocenters. The van der Waals surface area contributed by atoms with E-state index in [-0.39, 0.29) is 5.69 Å². The third-order valence-corrected chi connectivity index (χ3v) is 5.47. The molecule has 3 aromatic carbocycles. The Morgan fingerprint density at radius 3 is 2.57 bits per heavy atom. The highest BCUT2D eigenvalue weighted by Crippen LogP contribution is 2.28. The van der Waals surface area contributed by atoms with Crippen LogP contribution in [-0.2, 0) is 16.0 Å². The van der Waals surface area contributed by atoms with E-state index < -0.39 is 17.9 Å². The Morgan fingerprint density at radius 1 is 1.03 bits per heavy atom. The van der Waals surface area contributed by atoms with Crippen molar-refractivity contribution >= 4 is 56.8 Å². The first-order valence-electron chi connectivity index (χ1n) is 9.29. The van der Waals surface area contributed by atoms with E-state index in [1.165, 1.54) is 7.11 Å². The van der Waals surface area contributed by atoms with Gasteiger partial charge in [0.2, 0.25) is 0 Å². The summed E-state index contributed by atoms with van der Waals surface area (Å²) >= 11 is 12.2. The fourth-order valence-corrected chi connectivity index (χ4v) is 4.00. The monoisotopic (exact) mass is 440 g/mol. The molecule has 0 radical (unpaired) electrons. The van der Waals surface area contributed by atoms with Crippen LogP contribution in [0, 0.1) is 0 Å². The number of carbonyl (C=O) groups excluding carboxylic acids is 2. The zero-order valence-corrected chi connectivity index (χ0v) is 17.6. The fourth-order valence-electron chi connectivity index (χ4n) is 3.46. The van der Waals surface area contributed by atoms with E-state index in [0.29, 0.717) is 27.4 Å². The van der Waals surface area contributed by atoms with Crippen LogP contribution in [0.15, 0.2) is 60.7 Å². The van der Waals surface area contributed by atoms with Crippen LogP contribution in [0.2, 0.25) is 10.0 Å². The van der Waals surface area contributed by atoms with Gasteiger partial charge in [0.25, 0.3) is 5.91 Å². The van der Waals surface area contributed by atoms with Crippen molar-refractivity contribution in [1.29, 1.82) is 0 Å². The van der Waals surface area contributed by atoms with Gasteiger partial charge < -0.3 is 15.0 Å². The number of ether oxygens (including phenoxy) is 1. The molecule has 7 heteroatoms. The molecule has 2 N–H and O–H groups in total. The highest BCUT2D eigenvalue weighted by Gasteiger charge is 2.24. The maximum absolute atomic E-state index is 12.8. The molecule has 1 atom stereocenters. The SMILES string of the molecule is COC(=O)[C@H](Cc1ccc2ccccc2c1)NC(=O)c1cc2c(Cl)cc(Cl)cc2[nH]1. The highest BCUT2D eigenvalue weighted by atomic mass is 35.5. The van der Waals surface area contributed by atoms with Crippen LogP contribution >= 0.6 is 23.2 Å². The molecule has 0 saturated heterocycles. The summed E-state index contributed by atoms with van der Waals surface area (Å²) in [5, 5.41) is 6.50. The number of methoxy groups -OCH3 is 1. The fraction of sp³-hybridized carbons (Fsp3) is 0.130. The zero-order chi connectivity index (χ0) is 21.3. The van der Waals surface area contributed by atoms with E-state index >= 15 is 0 Å². The summed E-state index contributed by atoms with van der Waals surface area (Å²) in [6.07, 6.45) is 0.302. The van der Waals surface area contributed by atoms with Gasteiger partial charge >= 0.3 is 5.97 Å².